The number of hydrogen-bond acceptors (Lipinski definition) is 3. The van der Waals surface area contributed by atoms with Crippen molar-refractivity contribution in [2.75, 3.05) is 39.3 Å². The van der Waals surface area contributed by atoms with E-state index in [4.69, 9.17) is 0 Å². The summed E-state index contributed by atoms with van der Waals surface area (Å²) < 4.78 is 35.6. The van der Waals surface area contributed by atoms with Gasteiger partial charge in [-0.1, -0.05) is 0 Å². The van der Waals surface area contributed by atoms with Crippen LogP contribution in [0.25, 0.3) is 0 Å². The maximum Gasteiger partial charge on any atom is 0.405 e. The molecule has 0 unspecified atom stereocenters. The predicted molar refractivity (Wildman–Crippen MR) is 65.4 cm³/mol. The molecule has 0 spiro atoms. The second-order valence-electron chi connectivity index (χ2n) is 4.78. The van der Waals surface area contributed by atoms with Crippen LogP contribution in [0.15, 0.2) is 0 Å². The molecule has 0 aromatic rings. The molecule has 1 aliphatic heterocycles. The van der Waals surface area contributed by atoms with E-state index >= 15 is 0 Å². The zero-order valence-corrected chi connectivity index (χ0v) is 11.5. The number of nitrogens with zero attached hydrogens (tertiary/aromatic N) is 1. The van der Waals surface area contributed by atoms with Gasteiger partial charge in [-0.05, 0) is 0 Å². The van der Waals surface area contributed by atoms with E-state index < -0.39 is 24.7 Å². The van der Waals surface area contributed by atoms with E-state index in [-0.39, 0.29) is 12.5 Å². The fourth-order valence-electron chi connectivity index (χ4n) is 1.94. The molecule has 1 fully saturated rings. The van der Waals surface area contributed by atoms with E-state index in [1.54, 1.807) is 10.2 Å². The first-order valence-corrected chi connectivity index (χ1v) is 6.41. The molecule has 1 aliphatic rings. The number of carbonyl (C=O) groups excluding carboxylic acids is 3. The molecule has 0 aliphatic carbocycles. The highest BCUT2D eigenvalue weighted by molar-refractivity contribution is 5.94. The fraction of sp³-hybridized carbons (Fsp3) is 0.727. The third kappa shape index (κ3) is 6.93. The van der Waals surface area contributed by atoms with Crippen LogP contribution < -0.4 is 15.5 Å². The second kappa shape index (κ2) is 7.25. The monoisotopic (exact) mass is 311 g/mol. The van der Waals surface area contributed by atoms with Crippen molar-refractivity contribution in [1.29, 1.82) is 0 Å². The summed E-state index contributed by atoms with van der Waals surface area (Å²) in [5.41, 5.74) is 0. The van der Waals surface area contributed by atoms with Crippen LogP contribution in [-0.2, 0) is 9.59 Å². The molecule has 4 amide bonds. The number of quaternary nitrogens is 1. The largest absolute Gasteiger partial charge is 0.405 e. The summed E-state index contributed by atoms with van der Waals surface area (Å²) in [7, 11) is 0. The smallest absolute Gasteiger partial charge is 0.332 e. The van der Waals surface area contributed by atoms with Gasteiger partial charge < -0.3 is 15.1 Å². The lowest BCUT2D eigenvalue weighted by Crippen LogP contribution is -3.15. The molecule has 0 bridgehead atoms. The summed E-state index contributed by atoms with van der Waals surface area (Å²) in [6.45, 7) is 2.08. The first-order valence-electron chi connectivity index (χ1n) is 6.41. The lowest BCUT2D eigenvalue weighted by atomic mass is 10.3. The van der Waals surface area contributed by atoms with Crippen molar-refractivity contribution in [3.63, 3.8) is 0 Å². The summed E-state index contributed by atoms with van der Waals surface area (Å²) in [4.78, 5) is 36.2. The number of nitrogens with one attached hydrogen (secondary N) is 3. The highest BCUT2D eigenvalue weighted by Crippen LogP contribution is 2.11. The lowest BCUT2D eigenvalue weighted by Gasteiger charge is -2.31. The minimum absolute atomic E-state index is 0.0226. The number of amides is 4. The van der Waals surface area contributed by atoms with Crippen molar-refractivity contribution in [2.24, 2.45) is 0 Å². The zero-order valence-electron chi connectivity index (χ0n) is 11.5. The Hall–Kier alpha value is -1.84. The van der Waals surface area contributed by atoms with Crippen LogP contribution in [0.1, 0.15) is 6.92 Å². The van der Waals surface area contributed by atoms with Gasteiger partial charge in [0.05, 0.1) is 26.2 Å². The standard InChI is InChI=1S/C11H17F3N4O3/c1-8(19)18-4-2-17(3-5-18)6-9(20)16-10(21)15-7-11(12,13)14/h2-7H2,1H3,(H2,15,16,20,21)/p+1. The van der Waals surface area contributed by atoms with Gasteiger partial charge in [-0.3, -0.25) is 14.9 Å². The molecule has 10 heteroatoms. The summed E-state index contributed by atoms with van der Waals surface area (Å²) >= 11 is 0. The number of halogens is 3. The average Bonchev–Trinajstić information content (AvgIpc) is 2.36. The second-order valence-corrected chi connectivity index (χ2v) is 4.78. The highest BCUT2D eigenvalue weighted by atomic mass is 19.4. The minimum atomic E-state index is -4.52. The summed E-state index contributed by atoms with van der Waals surface area (Å²) in [5.74, 6) is -0.689. The Balaban J connectivity index is 2.25. The van der Waals surface area contributed by atoms with Gasteiger partial charge in [0.25, 0.3) is 5.91 Å². The third-order valence-electron chi connectivity index (χ3n) is 3.03. The number of imide groups is 1. The van der Waals surface area contributed by atoms with E-state index in [2.05, 4.69) is 0 Å². The first-order chi connectivity index (χ1) is 9.67. The predicted octanol–water partition coefficient (Wildman–Crippen LogP) is -1.88. The van der Waals surface area contributed by atoms with Gasteiger partial charge in [-0.15, -0.1) is 0 Å². The molecule has 0 aromatic carbocycles. The van der Waals surface area contributed by atoms with E-state index in [9.17, 15) is 27.6 Å². The Kier molecular flexibility index (Phi) is 5.94. The van der Waals surface area contributed by atoms with Crippen LogP contribution >= 0.6 is 0 Å². The van der Waals surface area contributed by atoms with E-state index in [0.717, 1.165) is 4.90 Å². The van der Waals surface area contributed by atoms with E-state index in [0.29, 0.717) is 26.2 Å². The molecule has 120 valence electrons. The molecule has 0 aromatic heterocycles. The maximum absolute atomic E-state index is 11.9. The third-order valence-corrected chi connectivity index (χ3v) is 3.03. The van der Waals surface area contributed by atoms with E-state index in [1.807, 2.05) is 5.32 Å². The molecular formula is C11H18F3N4O3+. The van der Waals surface area contributed by atoms with Crippen LogP contribution in [0.4, 0.5) is 18.0 Å². The topological polar surface area (TPSA) is 83.0 Å². The van der Waals surface area contributed by atoms with Gasteiger partial charge in [-0.2, -0.15) is 13.2 Å². The Bertz CT molecular complexity index is 406. The van der Waals surface area contributed by atoms with Crippen LogP contribution in [0.3, 0.4) is 0 Å². The van der Waals surface area contributed by atoms with Gasteiger partial charge in [0, 0.05) is 6.92 Å². The molecule has 0 saturated carbocycles. The van der Waals surface area contributed by atoms with Crippen LogP contribution in [-0.4, -0.2) is 68.2 Å². The molecule has 0 atom stereocenters. The van der Waals surface area contributed by atoms with Crippen molar-refractivity contribution < 1.29 is 32.5 Å². The Labute approximate surface area is 119 Å². The van der Waals surface area contributed by atoms with Crippen molar-refractivity contribution in [1.82, 2.24) is 15.5 Å². The molecule has 3 N–H and O–H groups in total. The average molecular weight is 311 g/mol. The number of urea groups is 1. The molecule has 1 saturated heterocycles. The Morgan fingerprint density at radius 3 is 2.24 bits per heavy atom. The van der Waals surface area contributed by atoms with Gasteiger partial charge >= 0.3 is 12.2 Å². The number of piperazine rings is 1. The molecule has 0 radical (unpaired) electrons. The van der Waals surface area contributed by atoms with Gasteiger partial charge in [0.2, 0.25) is 5.91 Å². The normalized spacial score (nSPS) is 16.5. The summed E-state index contributed by atoms with van der Waals surface area (Å²) in [6.07, 6.45) is -4.52. The first kappa shape index (κ1) is 17.2. The van der Waals surface area contributed by atoms with Crippen molar-refractivity contribution in [3.05, 3.63) is 0 Å². The van der Waals surface area contributed by atoms with Gasteiger partial charge in [0.1, 0.15) is 6.54 Å². The van der Waals surface area contributed by atoms with Gasteiger partial charge in [0.15, 0.2) is 6.54 Å². The molecule has 7 nitrogen and oxygen atoms in total. The number of hydrogen-bond donors (Lipinski definition) is 3. The molecule has 21 heavy (non-hydrogen) atoms. The van der Waals surface area contributed by atoms with Crippen molar-refractivity contribution >= 4 is 17.8 Å². The highest BCUT2D eigenvalue weighted by Gasteiger charge is 2.28. The quantitative estimate of drug-likeness (QED) is 0.571. The minimum Gasteiger partial charge on any atom is -0.332 e. The van der Waals surface area contributed by atoms with Gasteiger partial charge in [-0.25, -0.2) is 4.79 Å². The Morgan fingerprint density at radius 2 is 1.76 bits per heavy atom. The Morgan fingerprint density at radius 1 is 1.19 bits per heavy atom. The maximum atomic E-state index is 11.9. The summed E-state index contributed by atoms with van der Waals surface area (Å²) in [6, 6.07) is -1.17. The van der Waals surface area contributed by atoms with Crippen LogP contribution in [0.5, 0.6) is 0 Å². The lowest BCUT2D eigenvalue weighted by molar-refractivity contribution is -0.896. The molecular weight excluding hydrogens is 293 g/mol. The number of carbonyl (C=O) groups is 3. The van der Waals surface area contributed by atoms with Crippen molar-refractivity contribution in [2.45, 2.75) is 13.1 Å². The van der Waals surface area contributed by atoms with Crippen LogP contribution in [0.2, 0.25) is 0 Å². The summed E-state index contributed by atoms with van der Waals surface area (Å²) in [5, 5.41) is 3.40. The fourth-order valence-corrected chi connectivity index (χ4v) is 1.94. The zero-order chi connectivity index (χ0) is 16.0. The molecule has 1 heterocycles. The van der Waals surface area contributed by atoms with Crippen LogP contribution in [0, 0.1) is 0 Å². The molecule has 1 rings (SSSR count). The van der Waals surface area contributed by atoms with E-state index in [1.165, 1.54) is 6.92 Å². The number of rotatable bonds is 3. The van der Waals surface area contributed by atoms with Crippen molar-refractivity contribution in [3.8, 4) is 0 Å². The SMILES string of the molecule is CC(=O)N1CC[NH+](CC(=O)NC(=O)NCC(F)(F)F)CC1. The number of alkyl halides is 3.